The second kappa shape index (κ2) is 5.53. The number of hydrogen-bond acceptors (Lipinski definition) is 4. The molecule has 0 fully saturated rings. The lowest BCUT2D eigenvalue weighted by Gasteiger charge is -2.01. The molecule has 0 amide bonds. The van der Waals surface area contributed by atoms with Gasteiger partial charge in [-0.25, -0.2) is 9.48 Å². The first-order chi connectivity index (χ1) is 7.61. The molecule has 1 aromatic rings. The largest absolute Gasteiger partial charge is 0.461 e. The molecule has 16 heavy (non-hydrogen) atoms. The SMILES string of the molecule is CCCCn1nc(C(=O)OCC)c(C)c1N. The standard InChI is InChI=1S/C11H19N3O2/c1-4-6-7-14-10(12)8(3)9(13-14)11(15)16-5-2/h4-7,12H2,1-3H3. The van der Waals surface area contributed by atoms with Crippen LogP contribution in [0, 0.1) is 6.92 Å². The third-order valence-corrected chi connectivity index (χ3v) is 2.43. The number of rotatable bonds is 5. The Balaban J connectivity index is 2.90. The summed E-state index contributed by atoms with van der Waals surface area (Å²) in [7, 11) is 0. The second-order valence-corrected chi connectivity index (χ2v) is 3.66. The minimum absolute atomic E-state index is 0.329. The Kier molecular flexibility index (Phi) is 4.34. The minimum atomic E-state index is -0.401. The molecule has 0 saturated carbocycles. The number of nitrogen functional groups attached to an aromatic ring is 1. The Morgan fingerprint density at radius 1 is 1.50 bits per heavy atom. The number of unbranched alkanes of at least 4 members (excludes halogenated alkanes) is 1. The van der Waals surface area contributed by atoms with Crippen LogP contribution in [0.25, 0.3) is 0 Å². The van der Waals surface area contributed by atoms with Gasteiger partial charge in [-0.3, -0.25) is 0 Å². The quantitative estimate of drug-likeness (QED) is 0.775. The zero-order valence-corrected chi connectivity index (χ0v) is 10.1. The molecule has 0 aliphatic carbocycles. The van der Waals surface area contributed by atoms with Crippen molar-refractivity contribution in [1.82, 2.24) is 9.78 Å². The van der Waals surface area contributed by atoms with E-state index in [1.807, 2.05) is 0 Å². The fourth-order valence-electron chi connectivity index (χ4n) is 1.44. The van der Waals surface area contributed by atoms with E-state index >= 15 is 0 Å². The lowest BCUT2D eigenvalue weighted by atomic mass is 10.2. The van der Waals surface area contributed by atoms with Crippen LogP contribution in [0.15, 0.2) is 0 Å². The number of aromatic nitrogens is 2. The lowest BCUT2D eigenvalue weighted by Crippen LogP contribution is -2.08. The van der Waals surface area contributed by atoms with Gasteiger partial charge in [-0.05, 0) is 20.3 Å². The Hall–Kier alpha value is -1.52. The number of nitrogens with zero attached hydrogens (tertiary/aromatic N) is 2. The molecule has 0 saturated heterocycles. The van der Waals surface area contributed by atoms with E-state index in [-0.39, 0.29) is 0 Å². The molecule has 5 nitrogen and oxygen atoms in total. The molecular formula is C11H19N3O2. The maximum atomic E-state index is 11.6. The highest BCUT2D eigenvalue weighted by atomic mass is 16.5. The number of nitrogens with two attached hydrogens (primary N) is 1. The summed E-state index contributed by atoms with van der Waals surface area (Å²) in [6.07, 6.45) is 2.06. The van der Waals surface area contributed by atoms with E-state index in [0.717, 1.165) is 19.4 Å². The normalized spacial score (nSPS) is 10.4. The van der Waals surface area contributed by atoms with Gasteiger partial charge in [-0.2, -0.15) is 5.10 Å². The Labute approximate surface area is 95.6 Å². The number of carbonyl (C=O) groups is 1. The molecule has 0 aliphatic rings. The van der Waals surface area contributed by atoms with Gasteiger partial charge in [0.2, 0.25) is 0 Å². The second-order valence-electron chi connectivity index (χ2n) is 3.66. The lowest BCUT2D eigenvalue weighted by molar-refractivity contribution is 0.0517. The maximum absolute atomic E-state index is 11.6. The van der Waals surface area contributed by atoms with Crippen LogP contribution in [0.4, 0.5) is 5.82 Å². The molecule has 2 N–H and O–H groups in total. The number of hydrogen-bond donors (Lipinski definition) is 1. The van der Waals surface area contributed by atoms with E-state index in [0.29, 0.717) is 23.7 Å². The van der Waals surface area contributed by atoms with Crippen LogP contribution in [0.3, 0.4) is 0 Å². The van der Waals surface area contributed by atoms with Gasteiger partial charge in [0.25, 0.3) is 0 Å². The molecule has 0 atom stereocenters. The van der Waals surface area contributed by atoms with Crippen molar-refractivity contribution in [3.8, 4) is 0 Å². The third-order valence-electron chi connectivity index (χ3n) is 2.43. The molecule has 1 rings (SSSR count). The number of aryl methyl sites for hydroxylation is 1. The van der Waals surface area contributed by atoms with Crippen LogP contribution in [-0.2, 0) is 11.3 Å². The van der Waals surface area contributed by atoms with Gasteiger partial charge in [0.05, 0.1) is 6.61 Å². The van der Waals surface area contributed by atoms with Crippen LogP contribution >= 0.6 is 0 Å². The zero-order valence-electron chi connectivity index (χ0n) is 10.1. The van der Waals surface area contributed by atoms with E-state index in [9.17, 15) is 4.79 Å². The van der Waals surface area contributed by atoms with E-state index in [1.165, 1.54) is 0 Å². The Morgan fingerprint density at radius 2 is 2.19 bits per heavy atom. The van der Waals surface area contributed by atoms with Gasteiger partial charge in [-0.1, -0.05) is 13.3 Å². The number of carbonyl (C=O) groups excluding carboxylic acids is 1. The molecule has 0 bridgehead atoms. The van der Waals surface area contributed by atoms with Crippen LogP contribution in [0.2, 0.25) is 0 Å². The van der Waals surface area contributed by atoms with Crippen molar-refractivity contribution in [2.45, 2.75) is 40.2 Å². The van der Waals surface area contributed by atoms with Crippen molar-refractivity contribution >= 4 is 11.8 Å². The summed E-state index contributed by atoms with van der Waals surface area (Å²) >= 11 is 0. The van der Waals surface area contributed by atoms with E-state index in [4.69, 9.17) is 10.5 Å². The zero-order chi connectivity index (χ0) is 12.1. The van der Waals surface area contributed by atoms with Crippen molar-refractivity contribution in [3.05, 3.63) is 11.3 Å². The number of esters is 1. The summed E-state index contributed by atoms with van der Waals surface area (Å²) < 4.78 is 6.58. The highest BCUT2D eigenvalue weighted by Gasteiger charge is 2.18. The van der Waals surface area contributed by atoms with Crippen LogP contribution in [0.5, 0.6) is 0 Å². The van der Waals surface area contributed by atoms with Gasteiger partial charge in [0.15, 0.2) is 5.69 Å². The van der Waals surface area contributed by atoms with Crippen molar-refractivity contribution in [2.24, 2.45) is 0 Å². The van der Waals surface area contributed by atoms with E-state index in [1.54, 1.807) is 18.5 Å². The highest BCUT2D eigenvalue weighted by molar-refractivity contribution is 5.90. The molecule has 1 aromatic heterocycles. The van der Waals surface area contributed by atoms with Crippen molar-refractivity contribution < 1.29 is 9.53 Å². The van der Waals surface area contributed by atoms with Gasteiger partial charge >= 0.3 is 5.97 Å². The summed E-state index contributed by atoms with van der Waals surface area (Å²) in [5, 5.41) is 4.18. The predicted octanol–water partition coefficient (Wildman–Crippen LogP) is 1.75. The van der Waals surface area contributed by atoms with Crippen molar-refractivity contribution in [1.29, 1.82) is 0 Å². The first-order valence-corrected chi connectivity index (χ1v) is 5.61. The summed E-state index contributed by atoms with van der Waals surface area (Å²) in [5.74, 6) is 0.151. The van der Waals surface area contributed by atoms with E-state index < -0.39 is 5.97 Å². The van der Waals surface area contributed by atoms with Crippen molar-refractivity contribution in [2.75, 3.05) is 12.3 Å². The Morgan fingerprint density at radius 3 is 2.75 bits per heavy atom. The average Bonchev–Trinajstić information content (AvgIpc) is 2.54. The van der Waals surface area contributed by atoms with Gasteiger partial charge in [0.1, 0.15) is 5.82 Å². The maximum Gasteiger partial charge on any atom is 0.359 e. The highest BCUT2D eigenvalue weighted by Crippen LogP contribution is 2.17. The molecular weight excluding hydrogens is 206 g/mol. The summed E-state index contributed by atoms with van der Waals surface area (Å²) in [5.41, 5.74) is 6.90. The third kappa shape index (κ3) is 2.53. The fourth-order valence-corrected chi connectivity index (χ4v) is 1.44. The minimum Gasteiger partial charge on any atom is -0.461 e. The first kappa shape index (κ1) is 12.5. The molecule has 90 valence electrons. The van der Waals surface area contributed by atoms with Crippen LogP contribution in [0.1, 0.15) is 42.7 Å². The molecule has 1 heterocycles. The van der Waals surface area contributed by atoms with Crippen LogP contribution in [-0.4, -0.2) is 22.4 Å². The van der Waals surface area contributed by atoms with Crippen LogP contribution < -0.4 is 5.73 Å². The molecule has 0 spiro atoms. The Bertz CT molecular complexity index is 372. The molecule has 0 radical (unpaired) electrons. The topological polar surface area (TPSA) is 70.1 Å². The molecule has 0 unspecified atom stereocenters. The summed E-state index contributed by atoms with van der Waals surface area (Å²) in [6.45, 7) is 6.74. The summed E-state index contributed by atoms with van der Waals surface area (Å²) in [6, 6.07) is 0. The van der Waals surface area contributed by atoms with Crippen molar-refractivity contribution in [3.63, 3.8) is 0 Å². The fraction of sp³-hybridized carbons (Fsp3) is 0.636. The summed E-state index contributed by atoms with van der Waals surface area (Å²) in [4.78, 5) is 11.6. The van der Waals surface area contributed by atoms with E-state index in [2.05, 4.69) is 12.0 Å². The average molecular weight is 225 g/mol. The number of anilines is 1. The molecule has 5 heteroatoms. The molecule has 0 aromatic carbocycles. The predicted molar refractivity (Wildman–Crippen MR) is 62.2 cm³/mol. The first-order valence-electron chi connectivity index (χ1n) is 5.61. The monoisotopic (exact) mass is 225 g/mol. The van der Waals surface area contributed by atoms with Gasteiger partial charge < -0.3 is 10.5 Å². The van der Waals surface area contributed by atoms with Gasteiger partial charge in [-0.15, -0.1) is 0 Å². The number of ether oxygens (including phenoxy) is 1. The smallest absolute Gasteiger partial charge is 0.359 e. The molecule has 0 aliphatic heterocycles. The van der Waals surface area contributed by atoms with Gasteiger partial charge in [0, 0.05) is 12.1 Å².